The van der Waals surface area contributed by atoms with Gasteiger partial charge in [0.15, 0.2) is 0 Å². The van der Waals surface area contributed by atoms with Gasteiger partial charge in [-0.05, 0) is 38.1 Å². The van der Waals surface area contributed by atoms with Crippen molar-refractivity contribution in [3.05, 3.63) is 0 Å². The van der Waals surface area contributed by atoms with Crippen molar-refractivity contribution < 1.29 is 4.79 Å². The molecular formula is C11H20N2O. The monoisotopic (exact) mass is 196 g/mol. The van der Waals surface area contributed by atoms with Crippen LogP contribution in [0.3, 0.4) is 0 Å². The van der Waals surface area contributed by atoms with Crippen LogP contribution in [0.25, 0.3) is 0 Å². The van der Waals surface area contributed by atoms with Crippen molar-refractivity contribution in [2.45, 2.75) is 51.1 Å². The van der Waals surface area contributed by atoms with Gasteiger partial charge in [-0.3, -0.25) is 4.79 Å². The van der Waals surface area contributed by atoms with Crippen LogP contribution >= 0.6 is 0 Å². The molecule has 2 saturated heterocycles. The molecule has 3 nitrogen and oxygen atoms in total. The van der Waals surface area contributed by atoms with E-state index in [9.17, 15) is 4.79 Å². The highest BCUT2D eigenvalue weighted by atomic mass is 16.2. The van der Waals surface area contributed by atoms with Gasteiger partial charge in [0, 0.05) is 18.5 Å². The number of hydrogen-bond donors (Lipinski definition) is 1. The van der Waals surface area contributed by atoms with E-state index in [2.05, 4.69) is 11.8 Å². The van der Waals surface area contributed by atoms with Crippen LogP contribution in [0.15, 0.2) is 0 Å². The molecule has 0 spiro atoms. The Bertz CT molecular complexity index is 229. The molecule has 2 bridgehead atoms. The molecule has 3 atom stereocenters. The summed E-state index contributed by atoms with van der Waals surface area (Å²) in [4.78, 5) is 14.0. The third-order valence-electron chi connectivity index (χ3n) is 3.72. The number of hydrogen-bond acceptors (Lipinski definition) is 2. The lowest BCUT2D eigenvalue weighted by atomic mass is 9.89. The van der Waals surface area contributed by atoms with Crippen LogP contribution in [-0.2, 0) is 4.79 Å². The molecule has 2 aliphatic heterocycles. The summed E-state index contributed by atoms with van der Waals surface area (Å²) in [6, 6.07) is 0.997. The molecule has 3 heteroatoms. The summed E-state index contributed by atoms with van der Waals surface area (Å²) < 4.78 is 0. The first-order valence-electron chi connectivity index (χ1n) is 5.79. The zero-order valence-electron chi connectivity index (χ0n) is 8.91. The van der Waals surface area contributed by atoms with Gasteiger partial charge in [0.2, 0.25) is 5.91 Å². The summed E-state index contributed by atoms with van der Waals surface area (Å²) in [5.41, 5.74) is 5.72. The van der Waals surface area contributed by atoms with Crippen molar-refractivity contribution >= 4 is 5.91 Å². The summed E-state index contributed by atoms with van der Waals surface area (Å²) >= 11 is 0. The van der Waals surface area contributed by atoms with Gasteiger partial charge < -0.3 is 10.6 Å². The number of carbonyl (C=O) groups excluding carboxylic acids is 1. The highest BCUT2D eigenvalue weighted by molar-refractivity contribution is 5.77. The van der Waals surface area contributed by atoms with E-state index in [0.29, 0.717) is 30.3 Å². The van der Waals surface area contributed by atoms with E-state index in [1.165, 1.54) is 12.8 Å². The van der Waals surface area contributed by atoms with Crippen LogP contribution in [0.4, 0.5) is 0 Å². The van der Waals surface area contributed by atoms with Crippen LogP contribution in [-0.4, -0.2) is 29.4 Å². The Morgan fingerprint density at radius 1 is 1.50 bits per heavy atom. The molecule has 0 aliphatic carbocycles. The highest BCUT2D eigenvalue weighted by Crippen LogP contribution is 2.41. The van der Waals surface area contributed by atoms with Gasteiger partial charge in [0.05, 0.1) is 0 Å². The summed E-state index contributed by atoms with van der Waals surface area (Å²) in [5, 5.41) is 0. The standard InChI is InChI=1S/C11H20N2O/c1-2-3-11(14)13-9-4-5-10(13)8(6-9)7-12/h8-10H,2-7,12H2,1H3. The van der Waals surface area contributed by atoms with Crippen molar-refractivity contribution in [2.24, 2.45) is 11.7 Å². The van der Waals surface area contributed by atoms with Gasteiger partial charge in [-0.1, -0.05) is 6.92 Å². The van der Waals surface area contributed by atoms with Crippen LogP contribution in [0, 0.1) is 5.92 Å². The Balaban J connectivity index is 2.03. The number of carbonyl (C=O) groups is 1. The average Bonchev–Trinajstić information content (AvgIpc) is 2.74. The first-order valence-corrected chi connectivity index (χ1v) is 5.79. The maximum atomic E-state index is 11.9. The SMILES string of the molecule is CCCC(=O)N1C2CCC1C(CN)C2. The molecule has 2 rings (SSSR count). The van der Waals surface area contributed by atoms with Crippen molar-refractivity contribution in [3.8, 4) is 0 Å². The van der Waals surface area contributed by atoms with Crippen LogP contribution in [0.5, 0.6) is 0 Å². The molecule has 2 aliphatic rings. The van der Waals surface area contributed by atoms with Crippen LogP contribution in [0.2, 0.25) is 0 Å². The smallest absolute Gasteiger partial charge is 0.223 e. The Labute approximate surface area is 85.6 Å². The number of nitrogens with zero attached hydrogens (tertiary/aromatic N) is 1. The largest absolute Gasteiger partial charge is 0.336 e. The Morgan fingerprint density at radius 3 is 2.86 bits per heavy atom. The number of fused-ring (bicyclic) bond motifs is 2. The van der Waals surface area contributed by atoms with Crippen molar-refractivity contribution in [3.63, 3.8) is 0 Å². The summed E-state index contributed by atoms with van der Waals surface area (Å²) in [6.07, 6.45) is 5.21. The fraction of sp³-hybridized carbons (Fsp3) is 0.909. The number of amides is 1. The molecule has 3 unspecified atom stereocenters. The Kier molecular flexibility index (Phi) is 2.77. The Hall–Kier alpha value is -0.570. The van der Waals surface area contributed by atoms with E-state index in [0.717, 1.165) is 19.4 Å². The first-order chi connectivity index (χ1) is 6.77. The molecule has 1 amide bonds. The van der Waals surface area contributed by atoms with E-state index >= 15 is 0 Å². The maximum Gasteiger partial charge on any atom is 0.223 e. The van der Waals surface area contributed by atoms with Gasteiger partial charge in [-0.25, -0.2) is 0 Å². The van der Waals surface area contributed by atoms with E-state index in [1.54, 1.807) is 0 Å². The molecule has 0 aromatic rings. The van der Waals surface area contributed by atoms with Gasteiger partial charge in [0.25, 0.3) is 0 Å². The third-order valence-corrected chi connectivity index (χ3v) is 3.72. The molecule has 2 fully saturated rings. The lowest BCUT2D eigenvalue weighted by Crippen LogP contribution is -2.37. The second-order valence-electron chi connectivity index (χ2n) is 4.58. The van der Waals surface area contributed by atoms with Gasteiger partial charge in [-0.15, -0.1) is 0 Å². The minimum Gasteiger partial charge on any atom is -0.336 e. The summed E-state index contributed by atoms with van der Waals surface area (Å²) in [6.45, 7) is 2.81. The average molecular weight is 196 g/mol. The molecule has 80 valence electrons. The number of rotatable bonds is 3. The second-order valence-corrected chi connectivity index (χ2v) is 4.58. The zero-order valence-corrected chi connectivity index (χ0v) is 8.91. The molecular weight excluding hydrogens is 176 g/mol. The van der Waals surface area contributed by atoms with Gasteiger partial charge >= 0.3 is 0 Å². The molecule has 0 radical (unpaired) electrons. The second kappa shape index (κ2) is 3.89. The Morgan fingerprint density at radius 2 is 2.29 bits per heavy atom. The normalized spacial score (nSPS) is 35.3. The van der Waals surface area contributed by atoms with E-state index in [1.807, 2.05) is 0 Å². The lowest BCUT2D eigenvalue weighted by molar-refractivity contribution is -0.132. The zero-order chi connectivity index (χ0) is 10.1. The van der Waals surface area contributed by atoms with Crippen molar-refractivity contribution in [2.75, 3.05) is 6.54 Å². The van der Waals surface area contributed by atoms with Crippen molar-refractivity contribution in [1.29, 1.82) is 0 Å². The topological polar surface area (TPSA) is 46.3 Å². The quantitative estimate of drug-likeness (QED) is 0.735. The number of nitrogens with two attached hydrogens (primary N) is 1. The predicted octanol–water partition coefficient (Wildman–Crippen LogP) is 1.12. The third kappa shape index (κ3) is 1.44. The first kappa shape index (κ1) is 9.97. The molecule has 0 aromatic heterocycles. The fourth-order valence-corrected chi connectivity index (χ4v) is 3.10. The van der Waals surface area contributed by atoms with E-state index in [-0.39, 0.29) is 0 Å². The molecule has 14 heavy (non-hydrogen) atoms. The predicted molar refractivity (Wildman–Crippen MR) is 55.7 cm³/mol. The highest BCUT2D eigenvalue weighted by Gasteiger charge is 2.47. The van der Waals surface area contributed by atoms with Crippen molar-refractivity contribution in [1.82, 2.24) is 4.90 Å². The van der Waals surface area contributed by atoms with E-state index < -0.39 is 0 Å². The molecule has 0 aromatic carbocycles. The van der Waals surface area contributed by atoms with Crippen LogP contribution in [0.1, 0.15) is 39.0 Å². The summed E-state index contributed by atoms with van der Waals surface area (Å²) in [7, 11) is 0. The molecule has 0 saturated carbocycles. The van der Waals surface area contributed by atoms with E-state index in [4.69, 9.17) is 5.73 Å². The minimum absolute atomic E-state index is 0.357. The summed E-state index contributed by atoms with van der Waals surface area (Å²) in [5.74, 6) is 0.936. The molecule has 2 N–H and O–H groups in total. The van der Waals surface area contributed by atoms with Gasteiger partial charge in [-0.2, -0.15) is 0 Å². The lowest BCUT2D eigenvalue weighted by Gasteiger charge is -2.23. The molecule has 2 heterocycles. The maximum absolute atomic E-state index is 11.9. The van der Waals surface area contributed by atoms with Gasteiger partial charge in [0.1, 0.15) is 0 Å². The van der Waals surface area contributed by atoms with Crippen LogP contribution < -0.4 is 5.73 Å². The fourth-order valence-electron chi connectivity index (χ4n) is 3.10. The minimum atomic E-state index is 0.357.